The first-order chi connectivity index (χ1) is 9.11. The van der Waals surface area contributed by atoms with Crippen LogP contribution in [0.4, 0.5) is 4.39 Å². The lowest BCUT2D eigenvalue weighted by atomic mass is 9.87. The number of Topliss-reactive ketones (excluding diaryl/α,β-unsaturated/α-hetero) is 2. The Kier molecular flexibility index (Phi) is 3.85. The molecule has 0 saturated heterocycles. The molecule has 3 heteroatoms. The van der Waals surface area contributed by atoms with Crippen LogP contribution in [0.15, 0.2) is 54.6 Å². The second-order valence-electron chi connectivity index (χ2n) is 4.30. The average Bonchev–Trinajstić information content (AvgIpc) is 2.42. The van der Waals surface area contributed by atoms with Gasteiger partial charge in [0.1, 0.15) is 17.5 Å². The van der Waals surface area contributed by atoms with Crippen LogP contribution in [0, 0.1) is 5.82 Å². The Morgan fingerprint density at radius 1 is 0.947 bits per heavy atom. The quantitative estimate of drug-likeness (QED) is 0.620. The number of carbonyl (C=O) groups excluding carboxylic acids is 2. The lowest BCUT2D eigenvalue weighted by molar-refractivity contribution is -0.117. The number of carbonyl (C=O) groups is 2. The molecule has 0 N–H and O–H groups in total. The van der Waals surface area contributed by atoms with E-state index in [-0.39, 0.29) is 17.1 Å². The summed E-state index contributed by atoms with van der Waals surface area (Å²) in [6.45, 7) is 1.30. The molecule has 2 aromatic rings. The van der Waals surface area contributed by atoms with Crippen LogP contribution >= 0.6 is 0 Å². The van der Waals surface area contributed by atoms with E-state index < -0.39 is 11.7 Å². The summed E-state index contributed by atoms with van der Waals surface area (Å²) < 4.78 is 13.8. The summed E-state index contributed by atoms with van der Waals surface area (Å²) in [6.07, 6.45) is 0. The van der Waals surface area contributed by atoms with Gasteiger partial charge in [-0.1, -0.05) is 48.5 Å². The Labute approximate surface area is 110 Å². The highest BCUT2D eigenvalue weighted by Crippen LogP contribution is 2.24. The minimum Gasteiger partial charge on any atom is -0.299 e. The maximum absolute atomic E-state index is 13.8. The maximum atomic E-state index is 13.8. The van der Waals surface area contributed by atoms with Crippen LogP contribution < -0.4 is 0 Å². The summed E-state index contributed by atoms with van der Waals surface area (Å²) in [5.74, 6) is -2.35. The van der Waals surface area contributed by atoms with Crippen molar-refractivity contribution in [1.82, 2.24) is 0 Å². The fourth-order valence-corrected chi connectivity index (χ4v) is 2.02. The van der Waals surface area contributed by atoms with Gasteiger partial charge in [-0.05, 0) is 13.0 Å². The van der Waals surface area contributed by atoms with E-state index in [1.165, 1.54) is 25.1 Å². The van der Waals surface area contributed by atoms with Crippen molar-refractivity contribution < 1.29 is 14.0 Å². The van der Waals surface area contributed by atoms with Crippen molar-refractivity contribution >= 4 is 11.6 Å². The largest absolute Gasteiger partial charge is 0.299 e. The molecule has 0 aliphatic heterocycles. The third-order valence-corrected chi connectivity index (χ3v) is 2.94. The molecule has 0 fully saturated rings. The molecule has 0 radical (unpaired) electrons. The molecular weight excluding hydrogens is 243 g/mol. The summed E-state index contributed by atoms with van der Waals surface area (Å²) in [7, 11) is 0. The molecule has 0 amide bonds. The van der Waals surface area contributed by atoms with Gasteiger partial charge in [0.05, 0.1) is 0 Å². The highest BCUT2D eigenvalue weighted by molar-refractivity contribution is 6.14. The third-order valence-electron chi connectivity index (χ3n) is 2.94. The van der Waals surface area contributed by atoms with Crippen molar-refractivity contribution in [2.45, 2.75) is 12.8 Å². The number of hydrogen-bond acceptors (Lipinski definition) is 2. The molecule has 0 heterocycles. The lowest BCUT2D eigenvalue weighted by Gasteiger charge is -2.14. The molecule has 0 spiro atoms. The Hall–Kier alpha value is -2.29. The van der Waals surface area contributed by atoms with Crippen molar-refractivity contribution in [2.75, 3.05) is 0 Å². The van der Waals surface area contributed by atoms with Crippen molar-refractivity contribution in [3.8, 4) is 0 Å². The molecule has 0 aliphatic rings. The number of rotatable bonds is 4. The van der Waals surface area contributed by atoms with E-state index in [2.05, 4.69) is 0 Å². The average molecular weight is 256 g/mol. The molecule has 2 rings (SSSR count). The topological polar surface area (TPSA) is 34.1 Å². The van der Waals surface area contributed by atoms with Gasteiger partial charge in [0.2, 0.25) is 0 Å². The van der Waals surface area contributed by atoms with E-state index >= 15 is 0 Å². The lowest BCUT2D eigenvalue weighted by Crippen LogP contribution is -2.21. The first-order valence-electron chi connectivity index (χ1n) is 5.95. The molecule has 1 unspecified atom stereocenters. The number of ketones is 2. The molecule has 96 valence electrons. The molecule has 19 heavy (non-hydrogen) atoms. The standard InChI is InChI=1S/C16H13FO2/c1-11(18)15(13-9-5-6-10-14(13)17)16(19)12-7-3-2-4-8-12/h2-10,15H,1H3. The minimum atomic E-state index is -1.08. The van der Waals surface area contributed by atoms with Gasteiger partial charge < -0.3 is 0 Å². The van der Waals surface area contributed by atoms with Crippen LogP contribution in [0.5, 0.6) is 0 Å². The smallest absolute Gasteiger partial charge is 0.177 e. The van der Waals surface area contributed by atoms with E-state index in [1.807, 2.05) is 0 Å². The first-order valence-corrected chi connectivity index (χ1v) is 5.95. The summed E-state index contributed by atoms with van der Waals surface area (Å²) in [6, 6.07) is 14.3. The normalized spacial score (nSPS) is 11.9. The van der Waals surface area contributed by atoms with Gasteiger partial charge >= 0.3 is 0 Å². The van der Waals surface area contributed by atoms with Crippen LogP contribution in [0.2, 0.25) is 0 Å². The van der Waals surface area contributed by atoms with E-state index in [9.17, 15) is 14.0 Å². The zero-order valence-electron chi connectivity index (χ0n) is 10.5. The Balaban J connectivity index is 2.45. The molecule has 0 aromatic heterocycles. The summed E-state index contributed by atoms with van der Waals surface area (Å²) >= 11 is 0. The van der Waals surface area contributed by atoms with E-state index in [0.717, 1.165) is 0 Å². The molecule has 0 bridgehead atoms. The minimum absolute atomic E-state index is 0.129. The summed E-state index contributed by atoms with van der Waals surface area (Å²) in [5.41, 5.74) is 0.537. The predicted molar refractivity (Wildman–Crippen MR) is 70.6 cm³/mol. The molecule has 2 nitrogen and oxygen atoms in total. The van der Waals surface area contributed by atoms with E-state index in [4.69, 9.17) is 0 Å². The monoisotopic (exact) mass is 256 g/mol. The second kappa shape index (κ2) is 5.57. The summed E-state index contributed by atoms with van der Waals surface area (Å²) in [5, 5.41) is 0. The fourth-order valence-electron chi connectivity index (χ4n) is 2.02. The van der Waals surface area contributed by atoms with Crippen LogP contribution in [0.25, 0.3) is 0 Å². The van der Waals surface area contributed by atoms with Gasteiger partial charge in [0, 0.05) is 11.1 Å². The Morgan fingerprint density at radius 3 is 2.11 bits per heavy atom. The zero-order chi connectivity index (χ0) is 13.8. The number of hydrogen-bond donors (Lipinski definition) is 0. The SMILES string of the molecule is CC(=O)C(C(=O)c1ccccc1)c1ccccc1F. The van der Waals surface area contributed by atoms with Crippen LogP contribution in [0.3, 0.4) is 0 Å². The van der Waals surface area contributed by atoms with E-state index in [1.54, 1.807) is 36.4 Å². The molecule has 1 atom stereocenters. The Bertz CT molecular complexity index is 605. The maximum Gasteiger partial charge on any atom is 0.177 e. The van der Waals surface area contributed by atoms with Crippen molar-refractivity contribution in [2.24, 2.45) is 0 Å². The number of benzene rings is 2. The van der Waals surface area contributed by atoms with Gasteiger partial charge in [0.25, 0.3) is 0 Å². The Morgan fingerprint density at radius 2 is 1.53 bits per heavy atom. The van der Waals surface area contributed by atoms with E-state index in [0.29, 0.717) is 5.56 Å². The van der Waals surface area contributed by atoms with Gasteiger partial charge in [-0.15, -0.1) is 0 Å². The van der Waals surface area contributed by atoms with Crippen molar-refractivity contribution in [1.29, 1.82) is 0 Å². The summed E-state index contributed by atoms with van der Waals surface area (Å²) in [4.78, 5) is 24.1. The highest BCUT2D eigenvalue weighted by atomic mass is 19.1. The van der Waals surface area contributed by atoms with Gasteiger partial charge in [-0.25, -0.2) is 4.39 Å². The molecule has 2 aromatic carbocycles. The number of halogens is 1. The molecule has 0 saturated carbocycles. The van der Waals surface area contributed by atoms with Gasteiger partial charge in [0.15, 0.2) is 5.78 Å². The third kappa shape index (κ3) is 2.76. The predicted octanol–water partition coefficient (Wildman–Crippen LogP) is 3.38. The van der Waals surface area contributed by atoms with Crippen LogP contribution in [-0.4, -0.2) is 11.6 Å². The second-order valence-corrected chi connectivity index (χ2v) is 4.30. The molecule has 0 aliphatic carbocycles. The van der Waals surface area contributed by atoms with Crippen molar-refractivity contribution in [3.05, 3.63) is 71.5 Å². The molecular formula is C16H13FO2. The van der Waals surface area contributed by atoms with Crippen LogP contribution in [-0.2, 0) is 4.79 Å². The van der Waals surface area contributed by atoms with Crippen molar-refractivity contribution in [3.63, 3.8) is 0 Å². The zero-order valence-corrected chi connectivity index (χ0v) is 10.5. The van der Waals surface area contributed by atoms with Crippen LogP contribution in [0.1, 0.15) is 28.8 Å². The van der Waals surface area contributed by atoms with Gasteiger partial charge in [-0.3, -0.25) is 9.59 Å². The highest BCUT2D eigenvalue weighted by Gasteiger charge is 2.28. The first kappa shape index (κ1) is 13.1. The fraction of sp³-hybridized carbons (Fsp3) is 0.125. The van der Waals surface area contributed by atoms with Gasteiger partial charge in [-0.2, -0.15) is 0 Å².